The van der Waals surface area contributed by atoms with E-state index in [0.717, 1.165) is 42.6 Å². The quantitative estimate of drug-likeness (QED) is 0.222. The summed E-state index contributed by atoms with van der Waals surface area (Å²) in [7, 11) is 0. The summed E-state index contributed by atoms with van der Waals surface area (Å²) in [5, 5.41) is 17.9. The molecule has 43 heavy (non-hydrogen) atoms. The highest BCUT2D eigenvalue weighted by molar-refractivity contribution is 6.10. The second-order valence-corrected chi connectivity index (χ2v) is 11.9. The Hall–Kier alpha value is -5.11. The molecule has 2 unspecified atom stereocenters. The smallest absolute Gasteiger partial charge is 0.101 e. The van der Waals surface area contributed by atoms with Gasteiger partial charge in [-0.05, 0) is 55.2 Å². The zero-order valence-electron chi connectivity index (χ0n) is 23.8. The van der Waals surface area contributed by atoms with Crippen LogP contribution in [0.1, 0.15) is 35.2 Å². The summed E-state index contributed by atoms with van der Waals surface area (Å²) >= 11 is 0. The Balaban J connectivity index is 1.29. The number of rotatable bonds is 4. The minimum Gasteiger partial charge on any atom is -0.313 e. The van der Waals surface area contributed by atoms with Crippen molar-refractivity contribution in [2.24, 2.45) is 5.92 Å². The first-order valence-corrected chi connectivity index (χ1v) is 15.3. The van der Waals surface area contributed by atoms with Gasteiger partial charge in [0.15, 0.2) is 0 Å². The fourth-order valence-corrected chi connectivity index (χ4v) is 7.65. The van der Waals surface area contributed by atoms with Crippen molar-refractivity contribution < 1.29 is 0 Å². The normalized spacial score (nSPS) is 19.3. The van der Waals surface area contributed by atoms with Crippen LogP contribution in [0, 0.1) is 17.2 Å². The number of allylic oxidation sites excluding steroid dienone is 4. The zero-order valence-corrected chi connectivity index (χ0v) is 23.8. The number of nitrogens with one attached hydrogen (secondary N) is 1. The van der Waals surface area contributed by atoms with Gasteiger partial charge in [0.25, 0.3) is 0 Å². The molecule has 0 amide bonds. The van der Waals surface area contributed by atoms with E-state index in [0.29, 0.717) is 12.0 Å². The molecule has 4 nitrogen and oxygen atoms in total. The minimum atomic E-state index is 0.296. The van der Waals surface area contributed by atoms with Crippen molar-refractivity contribution >= 4 is 50.1 Å². The van der Waals surface area contributed by atoms with Crippen LogP contribution in [0.2, 0.25) is 0 Å². The number of para-hydroxylation sites is 4. The van der Waals surface area contributed by atoms with E-state index in [1.165, 1.54) is 55.2 Å². The molecule has 3 aliphatic rings. The molecular formula is C39H30N4. The molecule has 1 aliphatic heterocycles. The van der Waals surface area contributed by atoms with Crippen LogP contribution < -0.4 is 5.32 Å². The first kappa shape index (κ1) is 24.5. The van der Waals surface area contributed by atoms with Gasteiger partial charge in [-0.3, -0.25) is 0 Å². The van der Waals surface area contributed by atoms with Gasteiger partial charge < -0.3 is 14.5 Å². The Morgan fingerprint density at radius 3 is 2.12 bits per heavy atom. The summed E-state index contributed by atoms with van der Waals surface area (Å²) in [6.07, 6.45) is 12.1. The van der Waals surface area contributed by atoms with Gasteiger partial charge in [0, 0.05) is 57.2 Å². The Morgan fingerprint density at radius 1 is 0.744 bits per heavy atom. The fraction of sp³-hybridized carbons (Fsp3) is 0.154. The molecule has 1 N–H and O–H groups in total. The number of fused-ring (bicyclic) bond motifs is 6. The van der Waals surface area contributed by atoms with Crippen molar-refractivity contribution in [1.29, 1.82) is 5.26 Å². The third kappa shape index (κ3) is 3.65. The highest BCUT2D eigenvalue weighted by atomic mass is 15.1. The summed E-state index contributed by atoms with van der Waals surface area (Å²) in [5.41, 5.74) is 11.8. The lowest BCUT2D eigenvalue weighted by Crippen LogP contribution is -2.19. The van der Waals surface area contributed by atoms with E-state index in [9.17, 15) is 5.26 Å². The van der Waals surface area contributed by atoms with E-state index in [1.54, 1.807) is 0 Å². The number of hydrogen-bond acceptors (Lipinski definition) is 2. The third-order valence-electron chi connectivity index (χ3n) is 9.62. The molecule has 0 radical (unpaired) electrons. The standard InChI is InChI=1S/C39H30N4/c40-23-25-10-9-15-32(39(25)43-37-18-7-3-13-30(37)31-14-4-8-19-38(31)43)27-21-20-26(22-33(27)34-24-41-34)42-35-16-5-1-11-28(35)29-12-2-6-17-36(29)42/h1-7,9-18,20-21,33-34,41H,8,19,22,24H2. The van der Waals surface area contributed by atoms with Gasteiger partial charge in [0.05, 0.1) is 27.8 Å². The van der Waals surface area contributed by atoms with Crippen molar-refractivity contribution in [1.82, 2.24) is 14.5 Å². The van der Waals surface area contributed by atoms with Crippen LogP contribution in [0.25, 0.3) is 55.7 Å². The average molecular weight is 555 g/mol. The van der Waals surface area contributed by atoms with E-state index >= 15 is 0 Å². The molecule has 1 fully saturated rings. The molecule has 1 saturated heterocycles. The zero-order chi connectivity index (χ0) is 28.5. The number of nitriles is 1. The number of hydrogen-bond donors (Lipinski definition) is 1. The van der Waals surface area contributed by atoms with Crippen molar-refractivity contribution in [2.45, 2.75) is 25.3 Å². The first-order valence-electron chi connectivity index (χ1n) is 15.3. The number of aromatic nitrogens is 2. The van der Waals surface area contributed by atoms with Crippen molar-refractivity contribution in [3.8, 4) is 11.8 Å². The van der Waals surface area contributed by atoms with Crippen LogP contribution in [0.4, 0.5) is 0 Å². The van der Waals surface area contributed by atoms with E-state index < -0.39 is 0 Å². The van der Waals surface area contributed by atoms with E-state index in [1.807, 2.05) is 6.07 Å². The molecule has 4 heteroatoms. The summed E-state index contributed by atoms with van der Waals surface area (Å²) in [5.74, 6) is 0.296. The van der Waals surface area contributed by atoms with E-state index in [4.69, 9.17) is 0 Å². The van der Waals surface area contributed by atoms with Crippen LogP contribution in [-0.2, 0) is 6.42 Å². The fourth-order valence-electron chi connectivity index (χ4n) is 7.65. The Bertz CT molecular complexity index is 2190. The van der Waals surface area contributed by atoms with Gasteiger partial charge in [0.2, 0.25) is 0 Å². The van der Waals surface area contributed by atoms with Crippen molar-refractivity contribution in [3.05, 3.63) is 132 Å². The molecular weight excluding hydrogens is 524 g/mol. The number of benzene rings is 4. The highest BCUT2D eigenvalue weighted by Crippen LogP contribution is 2.45. The summed E-state index contributed by atoms with van der Waals surface area (Å²) in [4.78, 5) is 0. The van der Waals surface area contributed by atoms with Gasteiger partial charge in [0.1, 0.15) is 6.07 Å². The maximum absolute atomic E-state index is 10.4. The van der Waals surface area contributed by atoms with Gasteiger partial charge in [-0.25, -0.2) is 0 Å². The predicted molar refractivity (Wildman–Crippen MR) is 177 cm³/mol. The molecule has 4 aromatic carbocycles. The Morgan fingerprint density at radius 2 is 1.42 bits per heavy atom. The second kappa shape index (κ2) is 9.46. The van der Waals surface area contributed by atoms with Crippen LogP contribution in [0.5, 0.6) is 0 Å². The molecule has 2 aliphatic carbocycles. The minimum absolute atomic E-state index is 0.296. The lowest BCUT2D eigenvalue weighted by atomic mass is 9.81. The van der Waals surface area contributed by atoms with Crippen molar-refractivity contribution in [2.75, 3.05) is 6.54 Å². The van der Waals surface area contributed by atoms with E-state index in [-0.39, 0.29) is 0 Å². The van der Waals surface area contributed by atoms with Gasteiger partial charge >= 0.3 is 0 Å². The molecule has 0 spiro atoms. The molecule has 3 heterocycles. The third-order valence-corrected chi connectivity index (χ3v) is 9.62. The van der Waals surface area contributed by atoms with Crippen molar-refractivity contribution in [3.63, 3.8) is 0 Å². The van der Waals surface area contributed by atoms with Crippen LogP contribution in [0.3, 0.4) is 0 Å². The molecule has 0 saturated carbocycles. The first-order chi connectivity index (χ1) is 21.3. The van der Waals surface area contributed by atoms with Crippen LogP contribution in [0.15, 0.2) is 109 Å². The SMILES string of the molecule is N#Cc1cccc(C2=CC=C(n3c4ccccc4c4ccccc43)CC2C2CN2)c1-n1c2c(c3ccccc31)C=CCC2. The largest absolute Gasteiger partial charge is 0.313 e. The highest BCUT2D eigenvalue weighted by Gasteiger charge is 2.37. The lowest BCUT2D eigenvalue weighted by Gasteiger charge is -2.28. The predicted octanol–water partition coefficient (Wildman–Crippen LogP) is 8.49. The molecule has 2 atom stereocenters. The topological polar surface area (TPSA) is 55.6 Å². The summed E-state index contributed by atoms with van der Waals surface area (Å²) in [6.45, 7) is 1.02. The molecule has 0 bridgehead atoms. The lowest BCUT2D eigenvalue weighted by molar-refractivity contribution is 0.655. The Kier molecular flexibility index (Phi) is 5.38. The monoisotopic (exact) mass is 554 g/mol. The summed E-state index contributed by atoms with van der Waals surface area (Å²) in [6, 6.07) is 35.4. The average Bonchev–Trinajstić information content (AvgIpc) is 3.80. The molecule has 9 rings (SSSR count). The van der Waals surface area contributed by atoms with Gasteiger partial charge in [-0.1, -0.05) is 85.0 Å². The molecule has 6 aromatic rings. The summed E-state index contributed by atoms with van der Waals surface area (Å²) < 4.78 is 4.86. The number of nitrogens with zero attached hydrogens (tertiary/aromatic N) is 3. The Labute approximate surface area is 250 Å². The maximum Gasteiger partial charge on any atom is 0.101 e. The second-order valence-electron chi connectivity index (χ2n) is 11.9. The van der Waals surface area contributed by atoms with Crippen LogP contribution >= 0.6 is 0 Å². The van der Waals surface area contributed by atoms with E-state index in [2.05, 4.69) is 130 Å². The van der Waals surface area contributed by atoms with Gasteiger partial charge in [-0.15, -0.1) is 0 Å². The molecule has 2 aromatic heterocycles. The maximum atomic E-state index is 10.4. The molecule has 206 valence electrons. The van der Waals surface area contributed by atoms with Gasteiger partial charge in [-0.2, -0.15) is 5.26 Å². The van der Waals surface area contributed by atoms with Crippen LogP contribution in [-0.4, -0.2) is 21.7 Å².